The molecule has 1 heterocycles. The molecule has 6 atom stereocenters. The van der Waals surface area contributed by atoms with Gasteiger partial charge in [-0.05, 0) is 24.8 Å². The number of hydrogen-bond acceptors (Lipinski definition) is 4. The lowest BCUT2D eigenvalue weighted by atomic mass is 9.54. The second-order valence-corrected chi connectivity index (χ2v) is 7.13. The van der Waals surface area contributed by atoms with E-state index in [0.29, 0.717) is 12.3 Å². The van der Waals surface area contributed by atoms with Gasteiger partial charge in [0.1, 0.15) is 0 Å². The molecule has 21 heavy (non-hydrogen) atoms. The number of methoxy groups -OCH3 is 1. The van der Waals surface area contributed by atoms with Gasteiger partial charge in [-0.15, -0.1) is 0 Å². The fraction of sp³-hybridized carbons (Fsp3) is 0.765. The first kappa shape index (κ1) is 15.2. The molecule has 1 saturated heterocycles. The van der Waals surface area contributed by atoms with Gasteiger partial charge in [-0.3, -0.25) is 0 Å². The summed E-state index contributed by atoms with van der Waals surface area (Å²) in [5.41, 5.74) is -0.442. The quantitative estimate of drug-likeness (QED) is 0.836. The summed E-state index contributed by atoms with van der Waals surface area (Å²) >= 11 is 0. The van der Waals surface area contributed by atoms with Gasteiger partial charge in [-0.25, -0.2) is 0 Å². The average molecular weight is 294 g/mol. The fourth-order valence-electron chi connectivity index (χ4n) is 4.76. The molecule has 2 aliphatic carbocycles. The SMILES string of the molecule is COC1(CCO)OC2CC(C)C=C3C=CC(C)(O)C1(C)C32. The first-order valence-corrected chi connectivity index (χ1v) is 7.78. The lowest BCUT2D eigenvalue weighted by Crippen LogP contribution is -2.61. The van der Waals surface area contributed by atoms with Crippen LogP contribution in [0.25, 0.3) is 0 Å². The molecule has 0 bridgehead atoms. The monoisotopic (exact) mass is 294 g/mol. The first-order valence-electron chi connectivity index (χ1n) is 7.78. The Bertz CT molecular complexity index is 495. The third-order valence-electron chi connectivity index (χ3n) is 5.99. The van der Waals surface area contributed by atoms with E-state index in [1.807, 2.05) is 26.0 Å². The van der Waals surface area contributed by atoms with Crippen LogP contribution in [-0.4, -0.2) is 41.4 Å². The van der Waals surface area contributed by atoms with Gasteiger partial charge in [-0.2, -0.15) is 0 Å². The van der Waals surface area contributed by atoms with Crippen molar-refractivity contribution in [3.05, 3.63) is 23.8 Å². The number of rotatable bonds is 3. The van der Waals surface area contributed by atoms with Crippen LogP contribution >= 0.6 is 0 Å². The lowest BCUT2D eigenvalue weighted by Gasteiger charge is -2.53. The van der Waals surface area contributed by atoms with Crippen LogP contribution in [0.1, 0.15) is 33.6 Å². The van der Waals surface area contributed by atoms with Gasteiger partial charge in [0.25, 0.3) is 0 Å². The molecule has 0 radical (unpaired) electrons. The zero-order valence-electron chi connectivity index (χ0n) is 13.3. The summed E-state index contributed by atoms with van der Waals surface area (Å²) in [6, 6.07) is 0. The van der Waals surface area contributed by atoms with Crippen molar-refractivity contribution < 1.29 is 19.7 Å². The number of allylic oxidation sites excluding steroid dienone is 2. The van der Waals surface area contributed by atoms with Crippen LogP contribution in [0.15, 0.2) is 23.8 Å². The Balaban J connectivity index is 2.19. The molecule has 0 amide bonds. The molecule has 0 spiro atoms. The molecular formula is C17H26O4. The highest BCUT2D eigenvalue weighted by Gasteiger charge is 2.71. The highest BCUT2D eigenvalue weighted by molar-refractivity contribution is 5.40. The normalized spacial score (nSPS) is 51.7. The van der Waals surface area contributed by atoms with Gasteiger partial charge in [0.2, 0.25) is 0 Å². The van der Waals surface area contributed by atoms with Crippen LogP contribution in [0.5, 0.6) is 0 Å². The molecule has 4 heteroatoms. The molecule has 4 nitrogen and oxygen atoms in total. The van der Waals surface area contributed by atoms with Gasteiger partial charge < -0.3 is 19.7 Å². The predicted octanol–water partition coefficient (Wildman–Crippen LogP) is 2.02. The predicted molar refractivity (Wildman–Crippen MR) is 79.5 cm³/mol. The van der Waals surface area contributed by atoms with Crippen LogP contribution in [0.2, 0.25) is 0 Å². The third kappa shape index (κ3) is 1.76. The van der Waals surface area contributed by atoms with E-state index < -0.39 is 16.8 Å². The zero-order chi connectivity index (χ0) is 15.5. The summed E-state index contributed by atoms with van der Waals surface area (Å²) in [7, 11) is 1.61. The number of ether oxygens (including phenoxy) is 2. The molecule has 1 fully saturated rings. The minimum absolute atomic E-state index is 0.0212. The summed E-state index contributed by atoms with van der Waals surface area (Å²) in [5, 5.41) is 20.6. The third-order valence-corrected chi connectivity index (χ3v) is 5.99. The van der Waals surface area contributed by atoms with E-state index in [0.717, 1.165) is 6.42 Å². The Kier molecular flexibility index (Phi) is 3.38. The summed E-state index contributed by atoms with van der Waals surface area (Å²) in [6.07, 6.45) is 7.46. The number of aliphatic hydroxyl groups is 2. The highest BCUT2D eigenvalue weighted by Crippen LogP contribution is 2.64. The zero-order valence-corrected chi connectivity index (χ0v) is 13.3. The molecule has 118 valence electrons. The van der Waals surface area contributed by atoms with E-state index in [1.54, 1.807) is 7.11 Å². The van der Waals surface area contributed by atoms with Gasteiger partial charge in [0.15, 0.2) is 5.79 Å². The maximum atomic E-state index is 11.1. The van der Waals surface area contributed by atoms with Gasteiger partial charge in [0.05, 0.1) is 17.1 Å². The van der Waals surface area contributed by atoms with Gasteiger partial charge in [0, 0.05) is 26.1 Å². The standard InChI is InChI=1S/C17H26O4/c1-11-9-12-5-6-15(2,19)16(3)14(12)13(10-11)21-17(16,20-4)7-8-18/h5-6,9,11,13-14,18-19H,7-8,10H2,1-4H3. The second-order valence-electron chi connectivity index (χ2n) is 7.13. The van der Waals surface area contributed by atoms with E-state index in [-0.39, 0.29) is 18.6 Å². The van der Waals surface area contributed by atoms with Crippen LogP contribution in [-0.2, 0) is 9.47 Å². The maximum absolute atomic E-state index is 11.1. The van der Waals surface area contributed by atoms with Crippen LogP contribution < -0.4 is 0 Å². The van der Waals surface area contributed by atoms with Crippen molar-refractivity contribution in [3.63, 3.8) is 0 Å². The fourth-order valence-corrected chi connectivity index (χ4v) is 4.76. The molecule has 0 aromatic rings. The minimum atomic E-state index is -1.05. The van der Waals surface area contributed by atoms with E-state index in [4.69, 9.17) is 9.47 Å². The van der Waals surface area contributed by atoms with Crippen LogP contribution in [0.4, 0.5) is 0 Å². The van der Waals surface area contributed by atoms with Crippen molar-refractivity contribution in [2.45, 2.75) is 51.1 Å². The molecule has 0 aromatic heterocycles. The van der Waals surface area contributed by atoms with E-state index in [1.165, 1.54) is 5.57 Å². The van der Waals surface area contributed by atoms with Crippen molar-refractivity contribution in [2.24, 2.45) is 17.3 Å². The van der Waals surface area contributed by atoms with E-state index in [2.05, 4.69) is 13.0 Å². The molecule has 0 aromatic carbocycles. The van der Waals surface area contributed by atoms with Crippen molar-refractivity contribution in [3.8, 4) is 0 Å². The van der Waals surface area contributed by atoms with Crippen molar-refractivity contribution in [2.75, 3.05) is 13.7 Å². The number of hydrogen-bond donors (Lipinski definition) is 2. The Morgan fingerprint density at radius 2 is 2.14 bits per heavy atom. The molecule has 0 saturated carbocycles. The summed E-state index contributed by atoms with van der Waals surface area (Å²) < 4.78 is 12.1. The summed E-state index contributed by atoms with van der Waals surface area (Å²) in [6.45, 7) is 6.00. The van der Waals surface area contributed by atoms with Crippen molar-refractivity contribution in [1.29, 1.82) is 0 Å². The van der Waals surface area contributed by atoms with E-state index in [9.17, 15) is 10.2 Å². The van der Waals surface area contributed by atoms with Crippen LogP contribution in [0, 0.1) is 17.3 Å². The van der Waals surface area contributed by atoms with E-state index >= 15 is 0 Å². The second kappa shape index (κ2) is 4.66. The molecule has 3 rings (SSSR count). The smallest absolute Gasteiger partial charge is 0.179 e. The lowest BCUT2D eigenvalue weighted by molar-refractivity contribution is -0.288. The van der Waals surface area contributed by atoms with Gasteiger partial charge in [-0.1, -0.05) is 32.1 Å². The molecule has 1 aliphatic heterocycles. The van der Waals surface area contributed by atoms with Crippen LogP contribution in [0.3, 0.4) is 0 Å². The Labute approximate surface area is 126 Å². The topological polar surface area (TPSA) is 58.9 Å². The summed E-state index contributed by atoms with van der Waals surface area (Å²) in [5.74, 6) is -0.422. The number of aliphatic hydroxyl groups excluding tert-OH is 1. The molecule has 3 aliphatic rings. The maximum Gasteiger partial charge on any atom is 0.179 e. The Hall–Kier alpha value is -0.680. The van der Waals surface area contributed by atoms with Gasteiger partial charge >= 0.3 is 0 Å². The molecular weight excluding hydrogens is 268 g/mol. The van der Waals surface area contributed by atoms with Crippen molar-refractivity contribution >= 4 is 0 Å². The minimum Gasteiger partial charge on any atom is -0.396 e. The highest BCUT2D eigenvalue weighted by atomic mass is 16.7. The molecule has 6 unspecified atom stereocenters. The summed E-state index contributed by atoms with van der Waals surface area (Å²) in [4.78, 5) is 0. The Morgan fingerprint density at radius 3 is 2.76 bits per heavy atom. The average Bonchev–Trinajstić information content (AvgIpc) is 2.67. The molecule has 2 N–H and O–H groups in total. The first-order chi connectivity index (χ1) is 9.81. The Morgan fingerprint density at radius 1 is 1.43 bits per heavy atom. The largest absolute Gasteiger partial charge is 0.396 e. The van der Waals surface area contributed by atoms with Crippen molar-refractivity contribution in [1.82, 2.24) is 0 Å².